The van der Waals surface area contributed by atoms with E-state index < -0.39 is 0 Å². The third-order valence-electron chi connectivity index (χ3n) is 3.64. The van der Waals surface area contributed by atoms with E-state index in [9.17, 15) is 4.79 Å². The molecule has 1 heterocycles. The number of rotatable bonds is 4. The number of oxazole rings is 1. The minimum absolute atomic E-state index is 0.131. The number of halogens is 1. The van der Waals surface area contributed by atoms with Crippen molar-refractivity contribution in [1.29, 1.82) is 0 Å². The van der Waals surface area contributed by atoms with Gasteiger partial charge in [-0.25, -0.2) is 4.98 Å². The van der Waals surface area contributed by atoms with Gasteiger partial charge in [0.05, 0.1) is 22.8 Å². The molecule has 0 bridgehead atoms. The lowest BCUT2D eigenvalue weighted by Crippen LogP contribution is -2.15. The van der Waals surface area contributed by atoms with Gasteiger partial charge in [0.1, 0.15) is 5.76 Å². The zero-order valence-electron chi connectivity index (χ0n) is 13.5. The van der Waals surface area contributed by atoms with Crippen molar-refractivity contribution in [2.45, 2.75) is 20.3 Å². The predicted molar refractivity (Wildman–Crippen MR) is 95.2 cm³/mol. The molecule has 0 saturated heterocycles. The monoisotopic (exact) mass is 340 g/mol. The minimum Gasteiger partial charge on any atom is -0.441 e. The van der Waals surface area contributed by atoms with Crippen molar-refractivity contribution in [2.75, 3.05) is 5.32 Å². The van der Waals surface area contributed by atoms with E-state index in [1.54, 1.807) is 13.0 Å². The molecule has 5 heteroatoms. The zero-order valence-corrected chi connectivity index (χ0v) is 14.2. The molecule has 0 spiro atoms. The quantitative estimate of drug-likeness (QED) is 0.742. The number of nitrogens with zero attached hydrogens (tertiary/aromatic N) is 1. The van der Waals surface area contributed by atoms with E-state index in [1.807, 2.05) is 49.4 Å². The summed E-state index contributed by atoms with van der Waals surface area (Å²) in [5, 5.41) is 3.33. The van der Waals surface area contributed by atoms with Crippen LogP contribution in [0.5, 0.6) is 0 Å². The van der Waals surface area contributed by atoms with Crippen LogP contribution in [-0.2, 0) is 11.2 Å². The normalized spacial score (nSPS) is 10.6. The fraction of sp³-hybridized carbons (Fsp3) is 0.158. The Bertz CT molecular complexity index is 872. The standard InChI is InChI=1S/C19H17ClN2O2/c1-12-8-9-16(15(20)10-12)21-18(23)11-17-13(2)24-19(22-17)14-6-4-3-5-7-14/h3-10H,11H2,1-2H3,(H,21,23). The van der Waals surface area contributed by atoms with Crippen LogP contribution < -0.4 is 5.32 Å². The number of amides is 1. The molecule has 1 N–H and O–H groups in total. The Balaban J connectivity index is 1.74. The predicted octanol–water partition coefficient (Wildman–Crippen LogP) is 4.79. The molecule has 0 fully saturated rings. The third kappa shape index (κ3) is 3.66. The Morgan fingerprint density at radius 3 is 2.62 bits per heavy atom. The van der Waals surface area contributed by atoms with Crippen LogP contribution in [0.2, 0.25) is 5.02 Å². The fourth-order valence-electron chi connectivity index (χ4n) is 2.36. The first kappa shape index (κ1) is 16.3. The topological polar surface area (TPSA) is 55.1 Å². The number of hydrogen-bond acceptors (Lipinski definition) is 3. The van der Waals surface area contributed by atoms with Gasteiger partial charge in [-0.2, -0.15) is 0 Å². The molecule has 0 aliphatic carbocycles. The zero-order chi connectivity index (χ0) is 17.1. The summed E-state index contributed by atoms with van der Waals surface area (Å²) in [6, 6.07) is 15.1. The van der Waals surface area contributed by atoms with Gasteiger partial charge in [-0.3, -0.25) is 4.79 Å². The van der Waals surface area contributed by atoms with Crippen LogP contribution in [0.25, 0.3) is 11.5 Å². The average Bonchev–Trinajstić information content (AvgIpc) is 2.92. The molecule has 122 valence electrons. The molecule has 24 heavy (non-hydrogen) atoms. The van der Waals surface area contributed by atoms with Gasteiger partial charge in [0, 0.05) is 5.56 Å². The summed E-state index contributed by atoms with van der Waals surface area (Å²) in [6.07, 6.45) is 0.131. The molecule has 0 unspecified atom stereocenters. The number of carbonyl (C=O) groups excluding carboxylic acids is 1. The molecule has 4 nitrogen and oxygen atoms in total. The van der Waals surface area contributed by atoms with Crippen LogP contribution in [0.4, 0.5) is 5.69 Å². The van der Waals surface area contributed by atoms with E-state index in [0.29, 0.717) is 28.1 Å². The number of benzene rings is 2. The van der Waals surface area contributed by atoms with Crippen LogP contribution in [0, 0.1) is 13.8 Å². The first-order valence-electron chi connectivity index (χ1n) is 7.60. The van der Waals surface area contributed by atoms with E-state index >= 15 is 0 Å². The van der Waals surface area contributed by atoms with Gasteiger partial charge in [0.25, 0.3) is 0 Å². The molecule has 0 radical (unpaired) electrons. The highest BCUT2D eigenvalue weighted by Gasteiger charge is 2.15. The second kappa shape index (κ2) is 6.89. The van der Waals surface area contributed by atoms with E-state index in [-0.39, 0.29) is 12.3 Å². The summed E-state index contributed by atoms with van der Waals surface area (Å²) in [6.45, 7) is 3.75. The van der Waals surface area contributed by atoms with Crippen molar-refractivity contribution in [2.24, 2.45) is 0 Å². The highest BCUT2D eigenvalue weighted by molar-refractivity contribution is 6.33. The molecular weight excluding hydrogens is 324 g/mol. The highest BCUT2D eigenvalue weighted by atomic mass is 35.5. The highest BCUT2D eigenvalue weighted by Crippen LogP contribution is 2.24. The van der Waals surface area contributed by atoms with E-state index in [0.717, 1.165) is 11.1 Å². The van der Waals surface area contributed by atoms with Crippen molar-refractivity contribution in [3.8, 4) is 11.5 Å². The van der Waals surface area contributed by atoms with Crippen LogP contribution in [0.15, 0.2) is 52.9 Å². The maximum Gasteiger partial charge on any atom is 0.230 e. The lowest BCUT2D eigenvalue weighted by atomic mass is 10.2. The second-order valence-electron chi connectivity index (χ2n) is 5.60. The van der Waals surface area contributed by atoms with Gasteiger partial charge < -0.3 is 9.73 Å². The van der Waals surface area contributed by atoms with Gasteiger partial charge in [0.15, 0.2) is 0 Å². The Hall–Kier alpha value is -2.59. The first-order valence-corrected chi connectivity index (χ1v) is 7.98. The first-order chi connectivity index (χ1) is 11.5. The van der Waals surface area contributed by atoms with Crippen molar-refractivity contribution in [1.82, 2.24) is 4.98 Å². The van der Waals surface area contributed by atoms with Crippen LogP contribution >= 0.6 is 11.6 Å². The fourth-order valence-corrected chi connectivity index (χ4v) is 2.65. The number of aryl methyl sites for hydroxylation is 2. The van der Waals surface area contributed by atoms with Crippen molar-refractivity contribution >= 4 is 23.2 Å². The van der Waals surface area contributed by atoms with Crippen molar-refractivity contribution < 1.29 is 9.21 Å². The Kier molecular flexibility index (Phi) is 4.67. The molecule has 1 aromatic heterocycles. The summed E-state index contributed by atoms with van der Waals surface area (Å²) in [7, 11) is 0. The number of anilines is 1. The molecule has 0 atom stereocenters. The van der Waals surface area contributed by atoms with Gasteiger partial charge in [0.2, 0.25) is 11.8 Å². The maximum absolute atomic E-state index is 12.3. The van der Waals surface area contributed by atoms with Gasteiger partial charge >= 0.3 is 0 Å². The van der Waals surface area contributed by atoms with E-state index in [1.165, 1.54) is 0 Å². The summed E-state index contributed by atoms with van der Waals surface area (Å²) in [4.78, 5) is 16.7. The van der Waals surface area contributed by atoms with Gasteiger partial charge in [-0.15, -0.1) is 0 Å². The van der Waals surface area contributed by atoms with E-state index in [2.05, 4.69) is 10.3 Å². The summed E-state index contributed by atoms with van der Waals surface area (Å²) < 4.78 is 5.67. The van der Waals surface area contributed by atoms with Crippen LogP contribution in [0.3, 0.4) is 0 Å². The number of aromatic nitrogens is 1. The van der Waals surface area contributed by atoms with Crippen LogP contribution in [0.1, 0.15) is 17.0 Å². The Morgan fingerprint density at radius 2 is 1.92 bits per heavy atom. The lowest BCUT2D eigenvalue weighted by molar-refractivity contribution is -0.115. The second-order valence-corrected chi connectivity index (χ2v) is 6.00. The SMILES string of the molecule is Cc1ccc(NC(=O)Cc2nc(-c3ccccc3)oc2C)c(Cl)c1. The van der Waals surface area contributed by atoms with Gasteiger partial charge in [-0.1, -0.05) is 35.9 Å². The van der Waals surface area contributed by atoms with Crippen molar-refractivity contribution in [3.63, 3.8) is 0 Å². The maximum atomic E-state index is 12.3. The smallest absolute Gasteiger partial charge is 0.230 e. The molecule has 0 saturated carbocycles. The summed E-state index contributed by atoms with van der Waals surface area (Å²) in [5.74, 6) is 0.972. The van der Waals surface area contributed by atoms with Crippen LogP contribution in [-0.4, -0.2) is 10.9 Å². The minimum atomic E-state index is -0.184. The number of nitrogens with one attached hydrogen (secondary N) is 1. The third-order valence-corrected chi connectivity index (χ3v) is 3.95. The van der Waals surface area contributed by atoms with Crippen molar-refractivity contribution in [3.05, 3.63) is 70.6 Å². The summed E-state index contributed by atoms with van der Waals surface area (Å²) >= 11 is 6.14. The molecule has 3 rings (SSSR count). The number of hydrogen-bond donors (Lipinski definition) is 1. The average molecular weight is 341 g/mol. The Labute approximate surface area is 145 Å². The van der Waals surface area contributed by atoms with Gasteiger partial charge in [-0.05, 0) is 43.7 Å². The molecule has 2 aromatic carbocycles. The molecule has 0 aliphatic rings. The molecule has 0 aliphatic heterocycles. The molecule has 3 aromatic rings. The van der Waals surface area contributed by atoms with E-state index in [4.69, 9.17) is 16.0 Å². The summed E-state index contributed by atoms with van der Waals surface area (Å²) in [5.41, 5.74) is 3.14. The molecule has 1 amide bonds. The Morgan fingerprint density at radius 1 is 1.17 bits per heavy atom. The largest absolute Gasteiger partial charge is 0.441 e. The molecular formula is C19H17ClN2O2. The lowest BCUT2D eigenvalue weighted by Gasteiger charge is -2.07. The number of carbonyl (C=O) groups is 1.